The fourth-order valence-corrected chi connectivity index (χ4v) is 6.91. The van der Waals surface area contributed by atoms with Crippen LogP contribution in [-0.2, 0) is 15.3 Å². The topological polar surface area (TPSA) is 102 Å². The van der Waals surface area contributed by atoms with Gasteiger partial charge in [-0.3, -0.25) is 14.5 Å². The standard InChI is InChI=1S/C31H27Cl2N3O5S2/c1-3-15-41-23-13-8-19(9-14-23)27(37)25-26(18-6-11-22(12-7-18)40-4-2)36(29(39)28(25)38)30-34-35-31(43-30)42-17-20-5-10-21(32)16-24(20)33/h5-14,16,26,37H,3-4,15,17H2,1-2H3/b27-25-. The zero-order valence-electron chi connectivity index (χ0n) is 23.3. The first kappa shape index (κ1) is 30.9. The molecular weight excluding hydrogens is 629 g/mol. The van der Waals surface area contributed by atoms with Crippen molar-refractivity contribution in [1.82, 2.24) is 10.2 Å². The first-order valence-corrected chi connectivity index (χ1v) is 16.0. The first-order chi connectivity index (χ1) is 20.8. The number of amides is 1. The summed E-state index contributed by atoms with van der Waals surface area (Å²) in [5, 5.41) is 21.3. The van der Waals surface area contributed by atoms with E-state index < -0.39 is 17.7 Å². The second kappa shape index (κ2) is 13.8. The van der Waals surface area contributed by atoms with Gasteiger partial charge < -0.3 is 14.6 Å². The molecule has 0 radical (unpaired) electrons. The molecule has 0 saturated carbocycles. The summed E-state index contributed by atoms with van der Waals surface area (Å²) < 4.78 is 11.8. The summed E-state index contributed by atoms with van der Waals surface area (Å²) in [6.07, 6.45) is 0.855. The van der Waals surface area contributed by atoms with E-state index in [1.807, 2.05) is 19.9 Å². The summed E-state index contributed by atoms with van der Waals surface area (Å²) in [6, 6.07) is 18.1. The molecular formula is C31H27Cl2N3O5S2. The van der Waals surface area contributed by atoms with Crippen LogP contribution in [0.5, 0.6) is 11.5 Å². The van der Waals surface area contributed by atoms with E-state index in [0.717, 1.165) is 12.0 Å². The highest BCUT2D eigenvalue weighted by molar-refractivity contribution is 8.00. The zero-order chi connectivity index (χ0) is 30.5. The molecule has 5 rings (SSSR count). The number of ether oxygens (including phenoxy) is 2. The van der Waals surface area contributed by atoms with Crippen LogP contribution in [0.2, 0.25) is 10.0 Å². The van der Waals surface area contributed by atoms with Gasteiger partial charge in [-0.25, -0.2) is 0 Å². The van der Waals surface area contributed by atoms with Crippen LogP contribution in [0.25, 0.3) is 5.76 Å². The van der Waals surface area contributed by atoms with Gasteiger partial charge in [-0.15, -0.1) is 10.2 Å². The summed E-state index contributed by atoms with van der Waals surface area (Å²) >= 11 is 14.9. The maximum Gasteiger partial charge on any atom is 0.301 e. The lowest BCUT2D eigenvalue weighted by Gasteiger charge is -2.22. The summed E-state index contributed by atoms with van der Waals surface area (Å²) in [5.74, 6) is -0.138. The van der Waals surface area contributed by atoms with Crippen molar-refractivity contribution in [1.29, 1.82) is 0 Å². The van der Waals surface area contributed by atoms with E-state index in [4.69, 9.17) is 32.7 Å². The number of carbonyl (C=O) groups is 2. The highest BCUT2D eigenvalue weighted by Crippen LogP contribution is 2.44. The Morgan fingerprint density at radius 3 is 2.35 bits per heavy atom. The predicted octanol–water partition coefficient (Wildman–Crippen LogP) is 7.95. The Hall–Kier alpha value is -3.57. The Morgan fingerprint density at radius 1 is 0.977 bits per heavy atom. The fourth-order valence-electron chi connectivity index (χ4n) is 4.48. The minimum absolute atomic E-state index is 0.0475. The van der Waals surface area contributed by atoms with Crippen molar-refractivity contribution in [3.8, 4) is 11.5 Å². The second-order valence-corrected chi connectivity index (χ2v) is 12.4. The molecule has 1 aromatic heterocycles. The molecule has 1 unspecified atom stereocenters. The number of carbonyl (C=O) groups excluding carboxylic acids is 2. The minimum atomic E-state index is -0.941. The fraction of sp³-hybridized carbons (Fsp3) is 0.226. The number of aromatic nitrogens is 2. The van der Waals surface area contributed by atoms with Gasteiger partial charge in [-0.05, 0) is 73.0 Å². The third-order valence-electron chi connectivity index (χ3n) is 6.52. The number of halogens is 2. The highest BCUT2D eigenvalue weighted by Gasteiger charge is 2.48. The molecule has 1 fully saturated rings. The summed E-state index contributed by atoms with van der Waals surface area (Å²) in [7, 11) is 0. The van der Waals surface area contributed by atoms with Crippen LogP contribution in [0.1, 0.15) is 43.0 Å². The number of Topliss-reactive ketones (excluding diaryl/α,β-unsaturated/α-hetero) is 1. The number of aliphatic hydroxyl groups excluding tert-OH is 1. The Bertz CT molecular complexity index is 1660. The van der Waals surface area contributed by atoms with Crippen molar-refractivity contribution in [3.05, 3.63) is 99.0 Å². The van der Waals surface area contributed by atoms with Gasteiger partial charge in [0.05, 0.1) is 24.8 Å². The van der Waals surface area contributed by atoms with E-state index in [0.29, 0.717) is 56.0 Å². The van der Waals surface area contributed by atoms with E-state index in [-0.39, 0.29) is 16.5 Å². The van der Waals surface area contributed by atoms with Gasteiger partial charge >= 0.3 is 5.91 Å². The molecule has 1 N–H and O–H groups in total. The number of hydrogen-bond acceptors (Lipinski definition) is 9. The number of anilines is 1. The van der Waals surface area contributed by atoms with E-state index in [1.54, 1.807) is 60.7 Å². The van der Waals surface area contributed by atoms with Crippen LogP contribution < -0.4 is 14.4 Å². The van der Waals surface area contributed by atoms with Gasteiger partial charge in [0.1, 0.15) is 17.3 Å². The number of aliphatic hydroxyl groups is 1. The molecule has 4 aromatic rings. The molecule has 8 nitrogen and oxygen atoms in total. The van der Waals surface area contributed by atoms with Gasteiger partial charge in [0, 0.05) is 21.4 Å². The van der Waals surface area contributed by atoms with Gasteiger partial charge in [0.25, 0.3) is 5.78 Å². The second-order valence-electron chi connectivity index (χ2n) is 9.42. The van der Waals surface area contributed by atoms with Crippen LogP contribution in [0.3, 0.4) is 0 Å². The van der Waals surface area contributed by atoms with Gasteiger partial charge in [-0.1, -0.05) is 71.4 Å². The number of benzene rings is 3. The molecule has 1 aliphatic heterocycles. The monoisotopic (exact) mass is 655 g/mol. The minimum Gasteiger partial charge on any atom is -0.507 e. The molecule has 3 aromatic carbocycles. The average molecular weight is 657 g/mol. The molecule has 1 aliphatic rings. The van der Waals surface area contributed by atoms with Crippen molar-refractivity contribution >= 4 is 68.9 Å². The van der Waals surface area contributed by atoms with Crippen molar-refractivity contribution in [2.45, 2.75) is 36.4 Å². The molecule has 0 bridgehead atoms. The molecule has 0 spiro atoms. The van der Waals surface area contributed by atoms with Gasteiger partial charge in [0.15, 0.2) is 4.34 Å². The van der Waals surface area contributed by atoms with Crippen LogP contribution in [0.4, 0.5) is 5.13 Å². The zero-order valence-corrected chi connectivity index (χ0v) is 26.4. The van der Waals surface area contributed by atoms with Crippen LogP contribution >= 0.6 is 46.3 Å². The lowest BCUT2D eigenvalue weighted by atomic mass is 9.95. The predicted molar refractivity (Wildman–Crippen MR) is 171 cm³/mol. The van der Waals surface area contributed by atoms with E-state index in [2.05, 4.69) is 10.2 Å². The van der Waals surface area contributed by atoms with Crippen molar-refractivity contribution in [2.24, 2.45) is 0 Å². The summed E-state index contributed by atoms with van der Waals surface area (Å²) in [5.41, 5.74) is 1.80. The number of rotatable bonds is 11. The molecule has 0 aliphatic carbocycles. The third kappa shape index (κ3) is 6.83. The SMILES string of the molecule is CCCOc1ccc(/C(O)=C2/C(=O)C(=O)N(c3nnc(SCc4ccc(Cl)cc4Cl)s3)C2c2ccc(OCC)cc2)cc1. The molecule has 12 heteroatoms. The molecule has 1 atom stereocenters. The lowest BCUT2D eigenvalue weighted by molar-refractivity contribution is -0.132. The number of ketones is 1. The molecule has 222 valence electrons. The summed E-state index contributed by atoms with van der Waals surface area (Å²) in [4.78, 5) is 28.3. The Balaban J connectivity index is 1.50. The number of nitrogens with zero attached hydrogens (tertiary/aromatic N) is 3. The Labute approximate surface area is 267 Å². The van der Waals surface area contributed by atoms with Crippen molar-refractivity contribution in [2.75, 3.05) is 18.1 Å². The first-order valence-electron chi connectivity index (χ1n) is 13.5. The Morgan fingerprint density at radius 2 is 1.67 bits per heavy atom. The van der Waals surface area contributed by atoms with E-state index in [9.17, 15) is 14.7 Å². The van der Waals surface area contributed by atoms with Crippen LogP contribution in [0.15, 0.2) is 76.6 Å². The van der Waals surface area contributed by atoms with Crippen molar-refractivity contribution in [3.63, 3.8) is 0 Å². The van der Waals surface area contributed by atoms with E-state index >= 15 is 0 Å². The largest absolute Gasteiger partial charge is 0.507 e. The maximum atomic E-state index is 13.5. The van der Waals surface area contributed by atoms with Crippen molar-refractivity contribution < 1.29 is 24.2 Å². The number of thioether (sulfide) groups is 1. The number of hydrogen-bond donors (Lipinski definition) is 1. The quantitative estimate of drug-likeness (QED) is 0.0571. The lowest BCUT2D eigenvalue weighted by Crippen LogP contribution is -2.29. The average Bonchev–Trinajstić information content (AvgIpc) is 3.58. The third-order valence-corrected chi connectivity index (χ3v) is 9.21. The van der Waals surface area contributed by atoms with Crippen LogP contribution in [0, 0.1) is 0 Å². The molecule has 1 saturated heterocycles. The molecule has 1 amide bonds. The smallest absolute Gasteiger partial charge is 0.301 e. The highest BCUT2D eigenvalue weighted by atomic mass is 35.5. The Kier molecular flexibility index (Phi) is 9.92. The van der Waals surface area contributed by atoms with E-state index in [1.165, 1.54) is 28.0 Å². The maximum absolute atomic E-state index is 13.5. The van der Waals surface area contributed by atoms with Crippen LogP contribution in [-0.4, -0.2) is 40.2 Å². The van der Waals surface area contributed by atoms with Gasteiger partial charge in [-0.2, -0.15) is 0 Å². The molecule has 43 heavy (non-hydrogen) atoms. The summed E-state index contributed by atoms with van der Waals surface area (Å²) in [6.45, 7) is 4.94. The molecule has 2 heterocycles. The normalized spacial score (nSPS) is 16.1. The van der Waals surface area contributed by atoms with Gasteiger partial charge in [0.2, 0.25) is 5.13 Å².